The summed E-state index contributed by atoms with van der Waals surface area (Å²) in [6.45, 7) is 0. The second kappa shape index (κ2) is 4.88. The third-order valence-corrected chi connectivity index (χ3v) is 3.04. The molecule has 3 aromatic rings. The molecule has 0 atom stereocenters. The smallest absolute Gasteiger partial charge is 0.329 e. The summed E-state index contributed by atoms with van der Waals surface area (Å²) in [5, 5.41) is 9.86. The number of H-pyrrole nitrogens is 2. The van der Waals surface area contributed by atoms with Gasteiger partial charge in [-0.25, -0.2) is 9.78 Å². The molecule has 0 amide bonds. The Morgan fingerprint density at radius 1 is 1.32 bits per heavy atom. The van der Waals surface area contributed by atoms with Crippen LogP contribution in [0.4, 0.5) is 0 Å². The Bertz CT molecular complexity index is 1050. The van der Waals surface area contributed by atoms with E-state index < -0.39 is 16.8 Å². The topological polar surface area (TPSA) is 134 Å². The van der Waals surface area contributed by atoms with Gasteiger partial charge < -0.3 is 14.5 Å². The normalized spacial score (nSPS) is 12.0. The van der Waals surface area contributed by atoms with Gasteiger partial charge in [-0.15, -0.1) is 0 Å². The van der Waals surface area contributed by atoms with Crippen molar-refractivity contribution in [2.75, 3.05) is 0 Å². The lowest BCUT2D eigenvalue weighted by Crippen LogP contribution is -2.31. The highest BCUT2D eigenvalue weighted by Gasteiger charge is 2.11. The van der Waals surface area contributed by atoms with E-state index in [0.717, 1.165) is 10.6 Å². The third kappa shape index (κ3) is 2.14. The van der Waals surface area contributed by atoms with E-state index in [2.05, 4.69) is 15.0 Å². The maximum absolute atomic E-state index is 12.0. The monoisotopic (exact) mass is 302 g/mol. The number of aliphatic hydroxyl groups is 1. The van der Waals surface area contributed by atoms with Crippen molar-refractivity contribution >= 4 is 23.0 Å². The Kier molecular flexibility index (Phi) is 3.02. The Morgan fingerprint density at radius 3 is 2.77 bits per heavy atom. The van der Waals surface area contributed by atoms with Crippen molar-refractivity contribution in [2.24, 2.45) is 7.05 Å². The van der Waals surface area contributed by atoms with Crippen LogP contribution in [0.5, 0.6) is 0 Å². The van der Waals surface area contributed by atoms with Crippen molar-refractivity contribution in [3.8, 4) is 0 Å². The maximum Gasteiger partial charge on any atom is 0.329 e. The zero-order chi connectivity index (χ0) is 15.9. The summed E-state index contributed by atoms with van der Waals surface area (Å²) < 4.78 is 6.04. The minimum absolute atomic E-state index is 0.00612. The Labute approximate surface area is 121 Å². The van der Waals surface area contributed by atoms with Gasteiger partial charge in [0, 0.05) is 13.1 Å². The Balaban J connectivity index is 2.27. The highest BCUT2D eigenvalue weighted by Crippen LogP contribution is 2.13. The van der Waals surface area contributed by atoms with Gasteiger partial charge in [0.1, 0.15) is 11.3 Å². The predicted octanol–water partition coefficient (Wildman–Crippen LogP) is -0.0408. The Morgan fingerprint density at radius 2 is 2.09 bits per heavy atom. The summed E-state index contributed by atoms with van der Waals surface area (Å²) in [6, 6.07) is 3.06. The first kappa shape index (κ1) is 13.6. The van der Waals surface area contributed by atoms with Gasteiger partial charge in [0.2, 0.25) is 0 Å². The van der Waals surface area contributed by atoms with Crippen molar-refractivity contribution in [3.63, 3.8) is 0 Å². The van der Waals surface area contributed by atoms with Crippen LogP contribution in [0.2, 0.25) is 0 Å². The average molecular weight is 302 g/mol. The molecule has 3 heterocycles. The summed E-state index contributed by atoms with van der Waals surface area (Å²) in [7, 11) is 1.38. The number of hydrogen-bond acceptors (Lipinski definition) is 6. The van der Waals surface area contributed by atoms with E-state index >= 15 is 0 Å². The zero-order valence-electron chi connectivity index (χ0n) is 11.3. The number of hydrogen-bond donors (Lipinski definition) is 3. The molecule has 0 fully saturated rings. The van der Waals surface area contributed by atoms with Gasteiger partial charge in [-0.2, -0.15) is 0 Å². The Hall–Kier alpha value is -3.36. The largest absolute Gasteiger partial charge is 0.504 e. The van der Waals surface area contributed by atoms with Gasteiger partial charge in [-0.05, 0) is 12.1 Å². The average Bonchev–Trinajstić information content (AvgIpc) is 3.00. The van der Waals surface area contributed by atoms with Gasteiger partial charge in [0.05, 0.1) is 6.26 Å². The molecule has 22 heavy (non-hydrogen) atoms. The number of furan rings is 1. The van der Waals surface area contributed by atoms with E-state index in [9.17, 15) is 19.5 Å². The molecule has 0 spiro atoms. The van der Waals surface area contributed by atoms with Gasteiger partial charge in [-0.1, -0.05) is 0 Å². The fourth-order valence-electron chi connectivity index (χ4n) is 1.92. The van der Waals surface area contributed by atoms with E-state index in [1.807, 2.05) is 0 Å². The minimum Gasteiger partial charge on any atom is -0.504 e. The number of aromatic nitrogens is 4. The molecular weight excluding hydrogens is 292 g/mol. The molecule has 0 aliphatic rings. The number of aryl methyl sites for hydroxylation is 1. The number of aliphatic hydroxyl groups excluding tert-OH is 1. The van der Waals surface area contributed by atoms with Crippen molar-refractivity contribution in [1.82, 2.24) is 19.5 Å². The molecule has 3 N–H and O–H groups in total. The van der Waals surface area contributed by atoms with E-state index in [0.29, 0.717) is 0 Å². The van der Waals surface area contributed by atoms with Crippen LogP contribution in [0, 0.1) is 0 Å². The third-order valence-electron chi connectivity index (χ3n) is 3.04. The molecule has 0 aromatic carbocycles. The summed E-state index contributed by atoms with van der Waals surface area (Å²) in [5.74, 6) is -0.167. The molecule has 9 heteroatoms. The number of rotatable bonds is 2. The fourth-order valence-corrected chi connectivity index (χ4v) is 1.92. The molecule has 3 rings (SSSR count). The summed E-state index contributed by atoms with van der Waals surface area (Å²) in [4.78, 5) is 43.6. The number of fused-ring (bicyclic) bond motifs is 1. The van der Waals surface area contributed by atoms with Crippen LogP contribution in [0.3, 0.4) is 0 Å². The number of nitrogens with zero attached hydrogens (tertiary/aromatic N) is 2. The first-order valence-electron chi connectivity index (χ1n) is 6.15. The van der Waals surface area contributed by atoms with Crippen LogP contribution in [0.15, 0.2) is 37.2 Å². The SMILES string of the molecule is Cn1c(=O)[nH]c(=O)c2nc(C=C(O)c3ccco3)c(=O)[nH]c21. The van der Waals surface area contributed by atoms with E-state index in [1.165, 1.54) is 19.4 Å². The van der Waals surface area contributed by atoms with E-state index in [-0.39, 0.29) is 28.4 Å². The molecule has 112 valence electrons. The van der Waals surface area contributed by atoms with Crippen molar-refractivity contribution in [3.05, 3.63) is 61.0 Å². The molecule has 3 aromatic heterocycles. The fraction of sp³-hybridized carbons (Fsp3) is 0.0769. The molecule has 0 saturated carbocycles. The summed E-state index contributed by atoms with van der Waals surface area (Å²) in [6.07, 6.45) is 2.43. The first-order valence-corrected chi connectivity index (χ1v) is 6.15. The zero-order valence-corrected chi connectivity index (χ0v) is 11.3. The van der Waals surface area contributed by atoms with Crippen LogP contribution >= 0.6 is 0 Å². The van der Waals surface area contributed by atoms with Gasteiger partial charge >= 0.3 is 5.69 Å². The molecule has 0 aliphatic heterocycles. The first-order chi connectivity index (χ1) is 10.5. The van der Waals surface area contributed by atoms with E-state index in [4.69, 9.17) is 4.42 Å². The predicted molar refractivity (Wildman–Crippen MR) is 77.4 cm³/mol. The lowest BCUT2D eigenvalue weighted by Gasteiger charge is -2.03. The molecule has 0 radical (unpaired) electrons. The number of aromatic amines is 2. The van der Waals surface area contributed by atoms with Crippen molar-refractivity contribution in [2.45, 2.75) is 0 Å². The quantitative estimate of drug-likeness (QED) is 0.569. The second-order valence-corrected chi connectivity index (χ2v) is 4.47. The lowest BCUT2D eigenvalue weighted by atomic mass is 10.3. The maximum atomic E-state index is 12.0. The van der Waals surface area contributed by atoms with Crippen molar-refractivity contribution in [1.29, 1.82) is 0 Å². The van der Waals surface area contributed by atoms with Crippen molar-refractivity contribution < 1.29 is 9.52 Å². The van der Waals surface area contributed by atoms with Crippen LogP contribution in [-0.4, -0.2) is 24.6 Å². The standard InChI is InChI=1S/C13H10N4O5/c1-17-10-9(12(20)16-13(17)21)14-6(11(19)15-10)5-7(18)8-3-2-4-22-8/h2-5,18H,1H3,(H,15,19)(H,16,20,21). The molecule has 0 aliphatic carbocycles. The second-order valence-electron chi connectivity index (χ2n) is 4.47. The number of nitrogens with one attached hydrogen (secondary N) is 2. The van der Waals surface area contributed by atoms with E-state index in [1.54, 1.807) is 6.07 Å². The summed E-state index contributed by atoms with van der Waals surface area (Å²) in [5.41, 5.74) is -2.39. The van der Waals surface area contributed by atoms with Crippen LogP contribution in [-0.2, 0) is 7.05 Å². The highest BCUT2D eigenvalue weighted by molar-refractivity contribution is 5.75. The highest BCUT2D eigenvalue weighted by atomic mass is 16.4. The van der Waals surface area contributed by atoms with Crippen LogP contribution < -0.4 is 16.8 Å². The van der Waals surface area contributed by atoms with Gasteiger partial charge in [0.15, 0.2) is 17.0 Å². The molecular formula is C13H10N4O5. The minimum atomic E-state index is -0.735. The van der Waals surface area contributed by atoms with Gasteiger partial charge in [-0.3, -0.25) is 19.1 Å². The molecule has 9 nitrogen and oxygen atoms in total. The molecule has 0 bridgehead atoms. The molecule has 0 saturated heterocycles. The summed E-state index contributed by atoms with van der Waals surface area (Å²) >= 11 is 0. The molecule has 0 unspecified atom stereocenters. The van der Waals surface area contributed by atoms with Gasteiger partial charge in [0.25, 0.3) is 11.1 Å². The lowest BCUT2D eigenvalue weighted by molar-refractivity contribution is 0.462. The van der Waals surface area contributed by atoms with Crippen LogP contribution in [0.1, 0.15) is 11.5 Å². The van der Waals surface area contributed by atoms with Crippen LogP contribution in [0.25, 0.3) is 23.0 Å².